The van der Waals surface area contributed by atoms with Crippen LogP contribution in [-0.2, 0) is 25.7 Å². The summed E-state index contributed by atoms with van der Waals surface area (Å²) < 4.78 is 15.9. The van der Waals surface area contributed by atoms with Gasteiger partial charge in [0.05, 0.1) is 5.69 Å². The molecule has 1 atom stereocenters. The number of hydrazone groups is 1. The number of amides is 2. The molecule has 2 aromatic rings. The smallest absolute Gasteiger partial charge is 0.355 e. The summed E-state index contributed by atoms with van der Waals surface area (Å²) in [5.74, 6) is -0.0771. The Labute approximate surface area is 191 Å². The summed E-state index contributed by atoms with van der Waals surface area (Å²) in [5.41, 5.74) is 3.39. The number of aryl methyl sites for hydroxylation is 2. The van der Waals surface area contributed by atoms with E-state index in [9.17, 15) is 14.4 Å². The monoisotopic (exact) mass is 451 g/mol. The van der Waals surface area contributed by atoms with E-state index < -0.39 is 18.0 Å². The molecule has 0 saturated heterocycles. The van der Waals surface area contributed by atoms with Gasteiger partial charge in [-0.3, -0.25) is 9.59 Å². The van der Waals surface area contributed by atoms with Crippen LogP contribution in [0.4, 0.5) is 5.69 Å². The van der Waals surface area contributed by atoms with Crippen molar-refractivity contribution in [2.24, 2.45) is 5.10 Å². The number of anilines is 1. The molecule has 9 heteroatoms. The predicted octanol–water partition coefficient (Wildman–Crippen LogP) is 2.76. The van der Waals surface area contributed by atoms with E-state index in [1.165, 1.54) is 11.9 Å². The van der Waals surface area contributed by atoms with Crippen molar-refractivity contribution in [1.82, 2.24) is 5.32 Å². The van der Waals surface area contributed by atoms with E-state index in [-0.39, 0.29) is 37.8 Å². The highest BCUT2D eigenvalue weighted by Crippen LogP contribution is 2.32. The third kappa shape index (κ3) is 4.97. The molecule has 0 bridgehead atoms. The number of esters is 1. The summed E-state index contributed by atoms with van der Waals surface area (Å²) in [4.78, 5) is 37.5. The standard InChI is InChI=1S/C24H25N3O6/c1-14-4-5-15(2)19(10-14)27-22(28)9-7-18(26-27)24(30)33-16(3)23(29)25-12-17-6-8-20-21(11-17)32-13-31-20/h4-6,8,10-11,16H,7,9,12-13H2,1-3H3,(H,25,29)/t16-/m1/s1. The molecule has 2 aliphatic rings. The maximum atomic E-state index is 12.6. The van der Waals surface area contributed by atoms with Crippen LogP contribution in [0.25, 0.3) is 0 Å². The van der Waals surface area contributed by atoms with Crippen molar-refractivity contribution < 1.29 is 28.6 Å². The fourth-order valence-electron chi connectivity index (χ4n) is 3.50. The first kappa shape index (κ1) is 22.3. The van der Waals surface area contributed by atoms with Gasteiger partial charge in [-0.15, -0.1) is 0 Å². The zero-order valence-electron chi connectivity index (χ0n) is 18.7. The van der Waals surface area contributed by atoms with Crippen LogP contribution in [0.3, 0.4) is 0 Å². The number of nitrogens with one attached hydrogen (secondary N) is 1. The van der Waals surface area contributed by atoms with E-state index in [0.29, 0.717) is 17.2 Å². The Bertz CT molecular complexity index is 1140. The van der Waals surface area contributed by atoms with Crippen molar-refractivity contribution in [2.75, 3.05) is 11.8 Å². The van der Waals surface area contributed by atoms with Crippen molar-refractivity contribution in [3.05, 3.63) is 53.1 Å². The number of nitrogens with zero attached hydrogens (tertiary/aromatic N) is 2. The van der Waals surface area contributed by atoms with E-state index in [0.717, 1.165) is 16.7 Å². The first-order valence-electron chi connectivity index (χ1n) is 10.7. The fourth-order valence-corrected chi connectivity index (χ4v) is 3.50. The van der Waals surface area contributed by atoms with Crippen molar-refractivity contribution in [3.63, 3.8) is 0 Å². The summed E-state index contributed by atoms with van der Waals surface area (Å²) in [6.45, 7) is 5.70. The SMILES string of the molecule is Cc1ccc(C)c(N2N=C(C(=O)O[C@H](C)C(=O)NCc3ccc4c(c3)OCO4)CCC2=O)c1. The minimum atomic E-state index is -1.03. The predicted molar refractivity (Wildman–Crippen MR) is 120 cm³/mol. The van der Waals surface area contributed by atoms with E-state index in [1.54, 1.807) is 12.1 Å². The molecule has 4 rings (SSSR count). The van der Waals surface area contributed by atoms with Crippen molar-refractivity contribution in [2.45, 2.75) is 46.3 Å². The quantitative estimate of drug-likeness (QED) is 0.677. The molecule has 1 N–H and O–H groups in total. The Morgan fingerprint density at radius 2 is 1.91 bits per heavy atom. The fraction of sp³-hybridized carbons (Fsp3) is 0.333. The first-order valence-corrected chi connectivity index (χ1v) is 10.7. The Hall–Kier alpha value is -3.88. The van der Waals surface area contributed by atoms with E-state index in [1.807, 2.05) is 38.1 Å². The van der Waals surface area contributed by atoms with Crippen molar-refractivity contribution >= 4 is 29.2 Å². The number of hydrogen-bond acceptors (Lipinski definition) is 7. The third-order valence-electron chi connectivity index (χ3n) is 5.42. The van der Waals surface area contributed by atoms with Crippen molar-refractivity contribution in [1.29, 1.82) is 0 Å². The molecule has 2 amide bonds. The maximum Gasteiger partial charge on any atom is 0.355 e. The largest absolute Gasteiger partial charge is 0.454 e. The lowest BCUT2D eigenvalue weighted by Gasteiger charge is -2.25. The van der Waals surface area contributed by atoms with Gasteiger partial charge >= 0.3 is 5.97 Å². The third-order valence-corrected chi connectivity index (χ3v) is 5.42. The average molecular weight is 451 g/mol. The molecule has 2 aliphatic heterocycles. The number of ether oxygens (including phenoxy) is 3. The number of benzene rings is 2. The molecule has 0 aliphatic carbocycles. The van der Waals surface area contributed by atoms with Gasteiger partial charge in [-0.05, 0) is 55.7 Å². The second-order valence-corrected chi connectivity index (χ2v) is 8.00. The summed E-state index contributed by atoms with van der Waals surface area (Å²) in [5, 5.41) is 8.22. The van der Waals surface area contributed by atoms with Gasteiger partial charge in [-0.25, -0.2) is 4.79 Å². The van der Waals surface area contributed by atoms with Crippen LogP contribution in [0.5, 0.6) is 11.5 Å². The van der Waals surface area contributed by atoms with Crippen LogP contribution in [0.1, 0.15) is 36.5 Å². The second-order valence-electron chi connectivity index (χ2n) is 8.00. The molecule has 0 fully saturated rings. The van der Waals surface area contributed by atoms with Crippen LogP contribution in [0, 0.1) is 13.8 Å². The highest BCUT2D eigenvalue weighted by molar-refractivity contribution is 6.38. The topological polar surface area (TPSA) is 107 Å². The molecule has 9 nitrogen and oxygen atoms in total. The number of hydrogen-bond donors (Lipinski definition) is 1. The lowest BCUT2D eigenvalue weighted by molar-refractivity contribution is -0.148. The van der Waals surface area contributed by atoms with Gasteiger partial charge in [0.15, 0.2) is 17.6 Å². The molecule has 172 valence electrons. The molecular weight excluding hydrogens is 426 g/mol. The van der Waals surface area contributed by atoms with Crippen LogP contribution in [0.2, 0.25) is 0 Å². The lowest BCUT2D eigenvalue weighted by Crippen LogP contribution is -2.39. The average Bonchev–Trinajstić information content (AvgIpc) is 3.27. The Morgan fingerprint density at radius 1 is 1.12 bits per heavy atom. The van der Waals surface area contributed by atoms with Gasteiger partial charge < -0.3 is 19.5 Å². The molecular formula is C24H25N3O6. The summed E-state index contributed by atoms with van der Waals surface area (Å²) >= 11 is 0. The Kier molecular flexibility index (Phi) is 6.30. The van der Waals surface area contributed by atoms with Crippen LogP contribution >= 0.6 is 0 Å². The number of carbonyl (C=O) groups excluding carboxylic acids is 3. The molecule has 0 radical (unpaired) electrons. The van der Waals surface area contributed by atoms with Crippen LogP contribution in [-0.4, -0.2) is 36.4 Å². The second kappa shape index (κ2) is 9.32. The van der Waals surface area contributed by atoms with E-state index >= 15 is 0 Å². The number of rotatable bonds is 6. The molecule has 2 heterocycles. The molecule has 0 unspecified atom stereocenters. The van der Waals surface area contributed by atoms with Gasteiger partial charge in [-0.2, -0.15) is 10.1 Å². The van der Waals surface area contributed by atoms with Gasteiger partial charge in [0.25, 0.3) is 5.91 Å². The lowest BCUT2D eigenvalue weighted by atomic mass is 10.1. The van der Waals surface area contributed by atoms with E-state index in [2.05, 4.69) is 10.4 Å². The number of fused-ring (bicyclic) bond motifs is 1. The van der Waals surface area contributed by atoms with Crippen molar-refractivity contribution in [3.8, 4) is 11.5 Å². The minimum Gasteiger partial charge on any atom is -0.454 e. The van der Waals surface area contributed by atoms with Crippen LogP contribution in [0.15, 0.2) is 41.5 Å². The maximum absolute atomic E-state index is 12.6. The zero-order chi connectivity index (χ0) is 23.5. The van der Waals surface area contributed by atoms with Crippen LogP contribution < -0.4 is 19.8 Å². The normalized spacial score (nSPS) is 15.7. The summed E-state index contributed by atoms with van der Waals surface area (Å²) in [7, 11) is 0. The summed E-state index contributed by atoms with van der Waals surface area (Å²) in [6, 6.07) is 11.1. The van der Waals surface area contributed by atoms with Gasteiger partial charge in [0.2, 0.25) is 12.7 Å². The molecule has 0 saturated carbocycles. The Balaban J connectivity index is 1.37. The minimum absolute atomic E-state index is 0.103. The zero-order valence-corrected chi connectivity index (χ0v) is 18.7. The van der Waals surface area contributed by atoms with E-state index in [4.69, 9.17) is 14.2 Å². The Morgan fingerprint density at radius 3 is 2.73 bits per heavy atom. The summed E-state index contributed by atoms with van der Waals surface area (Å²) in [6.07, 6.45) is -0.739. The molecule has 2 aromatic carbocycles. The number of carbonyl (C=O) groups is 3. The first-order chi connectivity index (χ1) is 15.8. The van der Waals surface area contributed by atoms with Gasteiger partial charge in [0, 0.05) is 19.4 Å². The van der Waals surface area contributed by atoms with Gasteiger partial charge in [-0.1, -0.05) is 18.2 Å². The molecule has 0 aromatic heterocycles. The van der Waals surface area contributed by atoms with Gasteiger partial charge in [0.1, 0.15) is 5.71 Å². The molecule has 33 heavy (non-hydrogen) atoms. The molecule has 0 spiro atoms. The highest BCUT2D eigenvalue weighted by atomic mass is 16.7. The highest BCUT2D eigenvalue weighted by Gasteiger charge is 2.29.